The number of amides is 4. The van der Waals surface area contributed by atoms with Crippen molar-refractivity contribution in [2.24, 2.45) is 7.05 Å². The van der Waals surface area contributed by atoms with Crippen LogP contribution in [0.5, 0.6) is 5.75 Å². The fourth-order valence-corrected chi connectivity index (χ4v) is 5.57. The highest BCUT2D eigenvalue weighted by atomic mass is 35.5. The van der Waals surface area contributed by atoms with E-state index < -0.39 is 18.0 Å². The Bertz CT molecular complexity index is 1850. The molecule has 12 heteroatoms. The van der Waals surface area contributed by atoms with E-state index in [1.54, 1.807) is 71.4 Å². The molecule has 2 aliphatic heterocycles. The predicted molar refractivity (Wildman–Crippen MR) is 177 cm³/mol. The number of phenols is 1. The minimum Gasteiger partial charge on any atom is -0.507 e. The monoisotopic (exact) mass is 652 g/mol. The van der Waals surface area contributed by atoms with Crippen molar-refractivity contribution in [2.45, 2.75) is 18.5 Å². The van der Waals surface area contributed by atoms with E-state index in [0.717, 1.165) is 6.42 Å². The molecule has 11 nitrogen and oxygen atoms in total. The van der Waals surface area contributed by atoms with Crippen LogP contribution in [-0.2, 0) is 21.4 Å². The first-order chi connectivity index (χ1) is 22.8. The number of anilines is 1. The van der Waals surface area contributed by atoms with Gasteiger partial charge in [0.1, 0.15) is 23.5 Å². The summed E-state index contributed by atoms with van der Waals surface area (Å²) in [5, 5.41) is 21.0. The molecule has 0 spiro atoms. The number of hydrogen-bond acceptors (Lipinski definition) is 6. The average molecular weight is 653 g/mol. The molecule has 2 fully saturated rings. The van der Waals surface area contributed by atoms with Gasteiger partial charge in [-0.05, 0) is 54.4 Å². The summed E-state index contributed by atoms with van der Waals surface area (Å²) in [5.41, 5.74) is 3.45. The molecule has 3 aromatic carbocycles. The molecule has 1 aromatic heterocycles. The summed E-state index contributed by atoms with van der Waals surface area (Å²) in [6.45, 7) is 1.80. The summed E-state index contributed by atoms with van der Waals surface area (Å²) >= 11 is 6.14. The van der Waals surface area contributed by atoms with Crippen LogP contribution in [0, 0.1) is 11.8 Å². The summed E-state index contributed by atoms with van der Waals surface area (Å²) in [4.78, 5) is 43.4. The van der Waals surface area contributed by atoms with Crippen molar-refractivity contribution in [2.75, 3.05) is 38.2 Å². The van der Waals surface area contributed by atoms with Gasteiger partial charge in [0.05, 0.1) is 18.8 Å². The number of nitrogens with zero attached hydrogens (tertiary/aromatic N) is 4. The van der Waals surface area contributed by atoms with Gasteiger partial charge in [0, 0.05) is 54.7 Å². The molecule has 47 heavy (non-hydrogen) atoms. The lowest BCUT2D eigenvalue weighted by Gasteiger charge is -2.38. The third-order valence-corrected chi connectivity index (χ3v) is 8.28. The van der Waals surface area contributed by atoms with Crippen LogP contribution in [0.2, 0.25) is 5.02 Å². The van der Waals surface area contributed by atoms with E-state index >= 15 is 0 Å². The number of morpholine rings is 1. The van der Waals surface area contributed by atoms with Crippen molar-refractivity contribution < 1.29 is 24.2 Å². The Kier molecular flexibility index (Phi) is 9.42. The molecule has 6 rings (SSSR count). The second kappa shape index (κ2) is 14.0. The number of aromatic nitrogens is 2. The second-order valence-corrected chi connectivity index (χ2v) is 11.7. The van der Waals surface area contributed by atoms with Gasteiger partial charge >= 0.3 is 6.03 Å². The van der Waals surface area contributed by atoms with Gasteiger partial charge in [-0.3, -0.25) is 14.3 Å². The number of ether oxygens (including phenoxy) is 1. The van der Waals surface area contributed by atoms with Crippen molar-refractivity contribution in [3.05, 3.63) is 101 Å². The SMILES string of the molecule is Cn1cc(C#Cc2ccc(NC(=O)[C@@H]3COCCN3C(=O)[C@H](NC(=O)N3CCC3)c3ccccc3)cc2)c(-c2cc(Cl)ccc2O)n1. The fourth-order valence-electron chi connectivity index (χ4n) is 5.40. The molecular formula is C35H33ClN6O5. The summed E-state index contributed by atoms with van der Waals surface area (Å²) in [6, 6.07) is 18.6. The summed E-state index contributed by atoms with van der Waals surface area (Å²) in [6.07, 6.45) is 2.69. The van der Waals surface area contributed by atoms with Crippen molar-refractivity contribution in [1.29, 1.82) is 0 Å². The van der Waals surface area contributed by atoms with Gasteiger partial charge in [-0.1, -0.05) is 53.8 Å². The molecule has 3 heterocycles. The van der Waals surface area contributed by atoms with Gasteiger partial charge in [0.25, 0.3) is 5.91 Å². The van der Waals surface area contributed by atoms with Crippen LogP contribution < -0.4 is 10.6 Å². The van der Waals surface area contributed by atoms with Crippen LogP contribution >= 0.6 is 11.6 Å². The Morgan fingerprint density at radius 3 is 2.51 bits per heavy atom. The number of rotatable bonds is 6. The van der Waals surface area contributed by atoms with Crippen LogP contribution in [0.25, 0.3) is 11.3 Å². The molecule has 4 amide bonds. The highest BCUT2D eigenvalue weighted by Gasteiger charge is 2.38. The van der Waals surface area contributed by atoms with Crippen molar-refractivity contribution in [1.82, 2.24) is 24.9 Å². The maximum Gasteiger partial charge on any atom is 0.318 e. The largest absolute Gasteiger partial charge is 0.507 e. The van der Waals surface area contributed by atoms with Gasteiger partial charge in [-0.25, -0.2) is 4.79 Å². The molecule has 3 N–H and O–H groups in total. The van der Waals surface area contributed by atoms with Crippen molar-refractivity contribution in [3.63, 3.8) is 0 Å². The Hall–Kier alpha value is -5.31. The molecule has 0 saturated carbocycles. The minimum atomic E-state index is -0.946. The maximum atomic E-state index is 13.9. The summed E-state index contributed by atoms with van der Waals surface area (Å²) in [5.74, 6) is 5.48. The van der Waals surface area contributed by atoms with Gasteiger partial charge in [0.2, 0.25) is 5.91 Å². The number of benzene rings is 3. The number of phenolic OH excluding ortho intramolecular Hbond substituents is 1. The third-order valence-electron chi connectivity index (χ3n) is 8.04. The highest BCUT2D eigenvalue weighted by molar-refractivity contribution is 6.31. The number of carbonyl (C=O) groups excluding carboxylic acids is 3. The number of aromatic hydroxyl groups is 1. The van der Waals surface area contributed by atoms with Gasteiger partial charge in [-0.2, -0.15) is 5.10 Å². The van der Waals surface area contributed by atoms with E-state index in [0.29, 0.717) is 51.7 Å². The zero-order chi connectivity index (χ0) is 32.9. The van der Waals surface area contributed by atoms with Crippen molar-refractivity contribution in [3.8, 4) is 28.8 Å². The number of hydrogen-bond donors (Lipinski definition) is 3. The quantitative estimate of drug-likeness (QED) is 0.268. The molecule has 4 aromatic rings. The van der Waals surface area contributed by atoms with Crippen molar-refractivity contribution >= 4 is 35.1 Å². The number of likely N-dealkylation sites (tertiary alicyclic amines) is 1. The predicted octanol–water partition coefficient (Wildman–Crippen LogP) is 4.17. The lowest BCUT2D eigenvalue weighted by Crippen LogP contribution is -2.58. The molecular weight excluding hydrogens is 620 g/mol. The summed E-state index contributed by atoms with van der Waals surface area (Å²) in [7, 11) is 1.77. The number of halogens is 1. The minimum absolute atomic E-state index is 0.0261. The standard InChI is InChI=1S/C35H33ClN6O5/c1-40-21-25(31(39-40)28-20-26(36)12-15-30(28)43)11-8-23-9-13-27(14-10-23)37-33(44)29-22-47-19-18-42(29)34(45)32(24-6-3-2-4-7-24)38-35(46)41-16-5-17-41/h2-4,6-7,9-10,12-15,20-21,29,32,43H,5,16-19,22H2,1H3,(H,37,44)(H,38,46)/t29-,32+/m0/s1. The van der Waals surface area contributed by atoms with Gasteiger partial charge in [0.15, 0.2) is 0 Å². The van der Waals surface area contributed by atoms with E-state index in [2.05, 4.69) is 27.6 Å². The highest BCUT2D eigenvalue weighted by Crippen LogP contribution is 2.32. The second-order valence-electron chi connectivity index (χ2n) is 11.3. The first kappa shape index (κ1) is 31.7. The van der Waals surface area contributed by atoms with Crippen LogP contribution in [0.1, 0.15) is 29.2 Å². The molecule has 240 valence electrons. The van der Waals surface area contributed by atoms with E-state index in [9.17, 15) is 19.5 Å². The van der Waals surface area contributed by atoms with Gasteiger partial charge in [-0.15, -0.1) is 0 Å². The lowest BCUT2D eigenvalue weighted by atomic mass is 10.0. The Morgan fingerprint density at radius 1 is 1.02 bits per heavy atom. The van der Waals surface area contributed by atoms with Crippen LogP contribution in [0.15, 0.2) is 79.0 Å². The number of urea groups is 1. The third kappa shape index (κ3) is 7.25. The first-order valence-corrected chi connectivity index (χ1v) is 15.6. The fraction of sp³-hybridized carbons (Fsp3) is 0.257. The summed E-state index contributed by atoms with van der Waals surface area (Å²) < 4.78 is 7.22. The molecule has 0 radical (unpaired) electrons. The zero-order valence-electron chi connectivity index (χ0n) is 25.6. The molecule has 0 unspecified atom stereocenters. The van der Waals surface area contributed by atoms with E-state index in [-0.39, 0.29) is 37.4 Å². The smallest absolute Gasteiger partial charge is 0.318 e. The molecule has 2 aliphatic rings. The molecule has 0 bridgehead atoms. The zero-order valence-corrected chi connectivity index (χ0v) is 26.4. The van der Waals surface area contributed by atoms with Crippen LogP contribution in [0.4, 0.5) is 10.5 Å². The lowest BCUT2D eigenvalue weighted by molar-refractivity contribution is -0.148. The molecule has 2 saturated heterocycles. The normalized spacial score (nSPS) is 16.3. The first-order valence-electron chi connectivity index (χ1n) is 15.2. The van der Waals surface area contributed by atoms with Crippen LogP contribution in [-0.4, -0.2) is 81.4 Å². The average Bonchev–Trinajstić information content (AvgIpc) is 3.43. The maximum absolute atomic E-state index is 13.9. The van der Waals surface area contributed by atoms with E-state index in [1.807, 2.05) is 18.2 Å². The van der Waals surface area contributed by atoms with E-state index in [1.165, 1.54) is 11.0 Å². The number of aryl methyl sites for hydroxylation is 1. The number of carbonyl (C=O) groups is 3. The Balaban J connectivity index is 1.15. The van der Waals surface area contributed by atoms with Crippen LogP contribution in [0.3, 0.4) is 0 Å². The number of nitrogens with one attached hydrogen (secondary N) is 2. The topological polar surface area (TPSA) is 129 Å². The molecule has 2 atom stereocenters. The Morgan fingerprint density at radius 2 is 1.79 bits per heavy atom. The van der Waals surface area contributed by atoms with E-state index in [4.69, 9.17) is 16.3 Å². The molecule has 0 aliphatic carbocycles. The van der Waals surface area contributed by atoms with Gasteiger partial charge < -0.3 is 30.3 Å². The Labute approximate surface area is 277 Å².